The van der Waals surface area contributed by atoms with Crippen LogP contribution in [0.3, 0.4) is 0 Å². The fraction of sp³-hybridized carbons (Fsp3) is 0.591. The predicted octanol–water partition coefficient (Wildman–Crippen LogP) is 3.99. The van der Waals surface area contributed by atoms with Gasteiger partial charge in [0.2, 0.25) is 5.69 Å². The zero-order valence-electron chi connectivity index (χ0n) is 18.1. The zero-order chi connectivity index (χ0) is 23.2. The van der Waals surface area contributed by atoms with Crippen molar-refractivity contribution in [2.45, 2.75) is 81.9 Å². The second kappa shape index (κ2) is 10.4. The summed E-state index contributed by atoms with van der Waals surface area (Å²) in [5.41, 5.74) is 2.38. The molecule has 1 heterocycles. The van der Waals surface area contributed by atoms with Gasteiger partial charge in [0.05, 0.1) is 10.3 Å². The maximum Gasteiger partial charge on any atom is 0.303 e. The normalized spacial score (nSPS) is 18.3. The largest absolute Gasteiger partial charge is 0.481 e. The number of fused-ring (bicyclic) bond motifs is 1. The molecule has 1 aromatic rings. The van der Waals surface area contributed by atoms with Crippen LogP contribution < -0.4 is 0 Å². The van der Waals surface area contributed by atoms with Gasteiger partial charge in [0.15, 0.2) is 5.71 Å². The van der Waals surface area contributed by atoms with Crippen LogP contribution in [0.1, 0.15) is 77.2 Å². The van der Waals surface area contributed by atoms with Gasteiger partial charge < -0.3 is 10.2 Å². The third-order valence-corrected chi connectivity index (χ3v) is 7.04. The number of rotatable bonds is 13. The number of carboxylic acids is 2. The summed E-state index contributed by atoms with van der Waals surface area (Å²) in [6.45, 7) is 4.76. The molecular weight excluding hydrogens is 422 g/mol. The maximum absolute atomic E-state index is 11.7. The average molecular weight is 455 g/mol. The molecule has 1 atom stereocenters. The van der Waals surface area contributed by atoms with E-state index in [4.69, 9.17) is 10.2 Å². The van der Waals surface area contributed by atoms with Crippen LogP contribution in [0.4, 0.5) is 5.69 Å². The van der Waals surface area contributed by atoms with Crippen molar-refractivity contribution in [3.63, 3.8) is 0 Å². The Morgan fingerprint density at radius 1 is 0.968 bits per heavy atom. The maximum atomic E-state index is 11.7. The Bertz CT molecular complexity index is 968. The number of hydrogen-bond acceptors (Lipinski definition) is 4. The molecule has 1 aliphatic rings. The Balaban J connectivity index is 2.24. The highest BCUT2D eigenvalue weighted by Crippen LogP contribution is 2.44. The summed E-state index contributed by atoms with van der Waals surface area (Å²) in [4.78, 5) is 21.3. The van der Waals surface area contributed by atoms with E-state index in [-0.39, 0.29) is 17.7 Å². The molecule has 0 saturated carbocycles. The molecule has 0 aliphatic carbocycles. The van der Waals surface area contributed by atoms with E-state index >= 15 is 0 Å². The van der Waals surface area contributed by atoms with Gasteiger partial charge in [-0.1, -0.05) is 12.8 Å². The summed E-state index contributed by atoms with van der Waals surface area (Å²) in [7, 11) is -4.33. The van der Waals surface area contributed by atoms with E-state index in [9.17, 15) is 22.6 Å². The fourth-order valence-corrected chi connectivity index (χ4v) is 4.79. The van der Waals surface area contributed by atoms with Crippen molar-refractivity contribution in [2.75, 3.05) is 6.54 Å². The van der Waals surface area contributed by atoms with Crippen molar-refractivity contribution in [2.24, 2.45) is 0 Å². The Hall–Kier alpha value is -2.26. The van der Waals surface area contributed by atoms with Gasteiger partial charge in [0.25, 0.3) is 10.1 Å². The lowest BCUT2D eigenvalue weighted by atomic mass is 9.76. The van der Waals surface area contributed by atoms with Crippen LogP contribution in [0.25, 0.3) is 0 Å². The van der Waals surface area contributed by atoms with Gasteiger partial charge in [0, 0.05) is 37.8 Å². The molecular formula is C22H32NO7S+. The molecule has 0 aromatic heterocycles. The second-order valence-electron chi connectivity index (χ2n) is 8.38. The molecule has 172 valence electrons. The molecule has 0 bridgehead atoms. The van der Waals surface area contributed by atoms with Gasteiger partial charge in [-0.25, -0.2) is 0 Å². The first-order valence-electron chi connectivity index (χ1n) is 10.6. The predicted molar refractivity (Wildman–Crippen MR) is 116 cm³/mol. The average Bonchev–Trinajstić information content (AvgIpc) is 2.88. The van der Waals surface area contributed by atoms with Crippen LogP contribution in [0.15, 0.2) is 23.1 Å². The number of carbonyl (C=O) groups is 2. The summed E-state index contributed by atoms with van der Waals surface area (Å²) in [6.07, 6.45) is 5.35. The summed E-state index contributed by atoms with van der Waals surface area (Å²) in [6, 6.07) is 4.65. The van der Waals surface area contributed by atoms with Crippen molar-refractivity contribution in [1.82, 2.24) is 0 Å². The van der Waals surface area contributed by atoms with Crippen molar-refractivity contribution in [3.05, 3.63) is 23.8 Å². The van der Waals surface area contributed by atoms with Gasteiger partial charge in [-0.05, 0) is 44.7 Å². The van der Waals surface area contributed by atoms with Crippen LogP contribution >= 0.6 is 0 Å². The number of aliphatic carboxylic acids is 2. The molecule has 31 heavy (non-hydrogen) atoms. The van der Waals surface area contributed by atoms with Crippen LogP contribution in [0.2, 0.25) is 0 Å². The molecule has 0 amide bonds. The quantitative estimate of drug-likeness (QED) is 0.233. The molecule has 8 nitrogen and oxygen atoms in total. The summed E-state index contributed by atoms with van der Waals surface area (Å²) >= 11 is 0. The van der Waals surface area contributed by atoms with Crippen LogP contribution in [0.5, 0.6) is 0 Å². The minimum absolute atomic E-state index is 0.130. The smallest absolute Gasteiger partial charge is 0.303 e. The SMILES string of the molecule is CC1=[N+](CCCCCC(=O)O)c2ccc(S(=O)(=O)O)cc2C1(C)CCCCCC(=O)O. The van der Waals surface area contributed by atoms with Crippen molar-refractivity contribution >= 4 is 33.5 Å². The second-order valence-corrected chi connectivity index (χ2v) is 9.80. The molecule has 2 rings (SSSR count). The van der Waals surface area contributed by atoms with Crippen LogP contribution in [-0.4, -0.2) is 52.0 Å². The van der Waals surface area contributed by atoms with Gasteiger partial charge in [-0.15, -0.1) is 0 Å². The van der Waals surface area contributed by atoms with Gasteiger partial charge >= 0.3 is 11.9 Å². The molecule has 1 aromatic carbocycles. The lowest BCUT2D eigenvalue weighted by Crippen LogP contribution is -2.30. The standard InChI is InChI=1S/C22H31NO7S/c1-16-22(2,13-7-3-5-9-20(24)25)18-15-17(31(28,29)30)11-12-19(18)23(16)14-8-4-6-10-21(26)27/h11-12,15H,3-10,13-14H2,1-2H3,(H2-,24,25,26,27,28,29,30)/p+1. The molecule has 9 heteroatoms. The van der Waals surface area contributed by atoms with E-state index in [1.807, 2.05) is 6.92 Å². The van der Waals surface area contributed by atoms with E-state index in [2.05, 4.69) is 11.5 Å². The van der Waals surface area contributed by atoms with Crippen LogP contribution in [0, 0.1) is 0 Å². The molecule has 0 saturated heterocycles. The number of benzene rings is 1. The first-order chi connectivity index (χ1) is 14.5. The highest BCUT2D eigenvalue weighted by molar-refractivity contribution is 7.85. The van der Waals surface area contributed by atoms with Crippen molar-refractivity contribution < 1.29 is 37.3 Å². The highest BCUT2D eigenvalue weighted by Gasteiger charge is 2.46. The van der Waals surface area contributed by atoms with Crippen molar-refractivity contribution in [1.29, 1.82) is 0 Å². The van der Waals surface area contributed by atoms with Gasteiger partial charge in [-0.3, -0.25) is 14.1 Å². The van der Waals surface area contributed by atoms with Gasteiger partial charge in [0.1, 0.15) is 6.54 Å². The number of nitrogens with zero attached hydrogens (tertiary/aromatic N) is 1. The number of carboxylic acid groups (broad SMARTS) is 2. The topological polar surface area (TPSA) is 132 Å². The van der Waals surface area contributed by atoms with E-state index in [0.717, 1.165) is 49.1 Å². The van der Waals surface area contributed by atoms with E-state index in [1.165, 1.54) is 12.1 Å². The first kappa shape index (κ1) is 25.0. The monoisotopic (exact) mass is 454 g/mol. The molecule has 1 aliphatic heterocycles. The van der Waals surface area contributed by atoms with Crippen LogP contribution in [-0.2, 0) is 25.1 Å². The Morgan fingerprint density at radius 3 is 2.10 bits per heavy atom. The Labute approximate surface area is 183 Å². The Morgan fingerprint density at radius 2 is 1.55 bits per heavy atom. The third kappa shape index (κ3) is 6.36. The molecule has 0 spiro atoms. The molecule has 0 fully saturated rings. The third-order valence-electron chi connectivity index (χ3n) is 6.19. The van der Waals surface area contributed by atoms with Crippen molar-refractivity contribution in [3.8, 4) is 0 Å². The molecule has 1 unspecified atom stereocenters. The minimum atomic E-state index is -4.33. The fourth-order valence-electron chi connectivity index (χ4n) is 4.28. The van der Waals surface area contributed by atoms with E-state index in [1.54, 1.807) is 6.07 Å². The first-order valence-corrected chi connectivity index (χ1v) is 12.1. The zero-order valence-corrected chi connectivity index (χ0v) is 18.9. The molecule has 3 N–H and O–H groups in total. The van der Waals surface area contributed by atoms with E-state index in [0.29, 0.717) is 19.4 Å². The minimum Gasteiger partial charge on any atom is -0.481 e. The lowest BCUT2D eigenvalue weighted by Gasteiger charge is -2.22. The van der Waals surface area contributed by atoms with E-state index < -0.39 is 27.5 Å². The highest BCUT2D eigenvalue weighted by atomic mass is 32.2. The number of unbranched alkanes of at least 4 members (excludes halogenated alkanes) is 4. The number of hydrogen-bond donors (Lipinski definition) is 3. The summed E-state index contributed by atoms with van der Waals surface area (Å²) in [5.74, 6) is -1.62. The summed E-state index contributed by atoms with van der Waals surface area (Å²) in [5, 5.41) is 17.6. The molecule has 0 radical (unpaired) electrons. The van der Waals surface area contributed by atoms with Gasteiger partial charge in [-0.2, -0.15) is 13.0 Å². The lowest BCUT2D eigenvalue weighted by molar-refractivity contribution is -0.439. The summed E-state index contributed by atoms with van der Waals surface area (Å²) < 4.78 is 35.1. The Kier molecular flexibility index (Phi) is 8.36.